The number of aryl methyl sites for hydroxylation is 2. The summed E-state index contributed by atoms with van der Waals surface area (Å²) in [5, 5.41) is 0.721. The van der Waals surface area contributed by atoms with Gasteiger partial charge in [-0.05, 0) is 41.4 Å². The Bertz CT molecular complexity index is 680. The number of halogens is 1. The van der Waals surface area contributed by atoms with E-state index in [0.29, 0.717) is 5.69 Å². The zero-order chi connectivity index (χ0) is 13.3. The Kier molecular flexibility index (Phi) is 3.74. The summed E-state index contributed by atoms with van der Waals surface area (Å²) >= 11 is 4.52. The van der Waals surface area contributed by atoms with Crippen LogP contribution in [0.3, 0.4) is 0 Å². The average Bonchev–Trinajstić information content (AvgIpc) is 2.72. The monoisotopic (exact) mass is 346 g/mol. The van der Waals surface area contributed by atoms with Gasteiger partial charge in [0.25, 0.3) is 10.0 Å². The molecule has 0 radical (unpaired) electrons. The molecule has 1 aromatic carbocycles. The minimum Gasteiger partial charge on any atom is -0.278 e. The van der Waals surface area contributed by atoms with Crippen molar-refractivity contribution in [2.24, 2.45) is 0 Å². The van der Waals surface area contributed by atoms with E-state index in [2.05, 4.69) is 25.6 Å². The van der Waals surface area contributed by atoms with Gasteiger partial charge in [0.15, 0.2) is 4.21 Å². The van der Waals surface area contributed by atoms with Gasteiger partial charge < -0.3 is 0 Å². The Morgan fingerprint density at radius 1 is 1.33 bits per heavy atom. The second-order valence-corrected chi connectivity index (χ2v) is 7.68. The van der Waals surface area contributed by atoms with E-state index in [-0.39, 0.29) is 4.21 Å². The van der Waals surface area contributed by atoms with Crippen LogP contribution in [0, 0.1) is 13.8 Å². The summed E-state index contributed by atoms with van der Waals surface area (Å²) in [4.78, 5) is 3.95. The molecule has 4 nitrogen and oxygen atoms in total. The quantitative estimate of drug-likeness (QED) is 0.927. The molecule has 0 amide bonds. The zero-order valence-corrected chi connectivity index (χ0v) is 13.0. The van der Waals surface area contributed by atoms with Gasteiger partial charge in [0.05, 0.1) is 16.9 Å². The van der Waals surface area contributed by atoms with Crippen LogP contribution in [0.15, 0.2) is 33.1 Å². The van der Waals surface area contributed by atoms with E-state index in [9.17, 15) is 8.42 Å². The van der Waals surface area contributed by atoms with Crippen molar-refractivity contribution in [3.05, 3.63) is 39.4 Å². The predicted molar refractivity (Wildman–Crippen MR) is 76.5 cm³/mol. The lowest BCUT2D eigenvalue weighted by atomic mass is 10.2. The molecular formula is C11H11BrN2O2S2. The molecule has 0 aliphatic heterocycles. The maximum Gasteiger partial charge on any atom is 0.273 e. The topological polar surface area (TPSA) is 59.1 Å². The highest BCUT2D eigenvalue weighted by molar-refractivity contribution is 9.10. The maximum atomic E-state index is 12.1. The highest BCUT2D eigenvalue weighted by atomic mass is 79.9. The van der Waals surface area contributed by atoms with E-state index in [1.54, 1.807) is 19.1 Å². The molecule has 0 fully saturated rings. The van der Waals surface area contributed by atoms with Crippen LogP contribution in [-0.4, -0.2) is 13.4 Å². The van der Waals surface area contributed by atoms with E-state index in [0.717, 1.165) is 26.4 Å². The third-order valence-electron chi connectivity index (χ3n) is 2.30. The first-order valence-corrected chi connectivity index (χ1v) is 8.20. The molecule has 0 bridgehead atoms. The number of benzene rings is 1. The van der Waals surface area contributed by atoms with Gasteiger partial charge in [-0.1, -0.05) is 12.1 Å². The molecule has 0 spiro atoms. The van der Waals surface area contributed by atoms with Gasteiger partial charge in [0.1, 0.15) is 0 Å². The molecule has 0 saturated carbocycles. The number of nitrogens with one attached hydrogen (secondary N) is 1. The summed E-state index contributed by atoms with van der Waals surface area (Å²) in [6.07, 6.45) is 1.37. The molecular weight excluding hydrogens is 336 g/mol. The Morgan fingerprint density at radius 3 is 2.67 bits per heavy atom. The summed E-state index contributed by atoms with van der Waals surface area (Å²) < 4.78 is 27.7. The van der Waals surface area contributed by atoms with Crippen LogP contribution < -0.4 is 4.72 Å². The van der Waals surface area contributed by atoms with Crippen molar-refractivity contribution >= 4 is 43.0 Å². The summed E-state index contributed by atoms with van der Waals surface area (Å²) in [7, 11) is -3.56. The fourth-order valence-corrected chi connectivity index (χ4v) is 4.06. The average molecular weight is 347 g/mol. The van der Waals surface area contributed by atoms with Crippen LogP contribution in [0.1, 0.15) is 10.6 Å². The molecule has 0 aliphatic carbocycles. The molecule has 1 heterocycles. The van der Waals surface area contributed by atoms with E-state index in [1.165, 1.54) is 6.20 Å². The normalized spacial score (nSPS) is 11.5. The van der Waals surface area contributed by atoms with Crippen LogP contribution in [0.5, 0.6) is 0 Å². The van der Waals surface area contributed by atoms with Crippen molar-refractivity contribution in [2.75, 3.05) is 4.72 Å². The summed E-state index contributed by atoms with van der Waals surface area (Å²) in [5.74, 6) is 0. The molecule has 0 unspecified atom stereocenters. The largest absolute Gasteiger partial charge is 0.278 e. The minimum absolute atomic E-state index is 0.216. The van der Waals surface area contributed by atoms with Crippen molar-refractivity contribution in [3.63, 3.8) is 0 Å². The van der Waals surface area contributed by atoms with Crippen LogP contribution in [0.2, 0.25) is 0 Å². The first-order valence-electron chi connectivity index (χ1n) is 5.10. The number of anilines is 1. The number of thiazole rings is 1. The van der Waals surface area contributed by atoms with Gasteiger partial charge in [-0.3, -0.25) is 4.72 Å². The Labute approximate surface area is 118 Å². The molecule has 2 aromatic rings. The van der Waals surface area contributed by atoms with Crippen molar-refractivity contribution < 1.29 is 8.42 Å². The molecule has 96 valence electrons. The molecule has 18 heavy (non-hydrogen) atoms. The number of sulfonamides is 1. The van der Waals surface area contributed by atoms with Crippen LogP contribution in [0.25, 0.3) is 0 Å². The standard InChI is InChI=1S/C11H11BrN2O2S2/c1-7-4-3-5-9(11(7)12)14-18(15,16)10-6-13-8(2)17-10/h3-6,14H,1-2H3. The Morgan fingerprint density at radius 2 is 2.06 bits per heavy atom. The molecule has 0 atom stereocenters. The molecule has 7 heteroatoms. The van der Waals surface area contributed by atoms with Gasteiger partial charge in [0, 0.05) is 4.47 Å². The highest BCUT2D eigenvalue weighted by Crippen LogP contribution is 2.29. The molecule has 0 aliphatic rings. The lowest BCUT2D eigenvalue weighted by molar-refractivity contribution is 0.603. The second kappa shape index (κ2) is 4.99. The molecule has 1 aromatic heterocycles. The van der Waals surface area contributed by atoms with Gasteiger partial charge in [-0.25, -0.2) is 13.4 Å². The lowest BCUT2D eigenvalue weighted by Crippen LogP contribution is -2.12. The Hall–Kier alpha value is -0.920. The fraction of sp³-hybridized carbons (Fsp3) is 0.182. The lowest BCUT2D eigenvalue weighted by Gasteiger charge is -2.09. The van der Waals surface area contributed by atoms with Gasteiger partial charge in [0.2, 0.25) is 0 Å². The first kappa shape index (κ1) is 13.5. The van der Waals surface area contributed by atoms with Crippen molar-refractivity contribution in [1.29, 1.82) is 0 Å². The number of hydrogen-bond donors (Lipinski definition) is 1. The Balaban J connectivity index is 2.37. The minimum atomic E-state index is -3.56. The van der Waals surface area contributed by atoms with Crippen molar-refractivity contribution in [1.82, 2.24) is 4.98 Å². The van der Waals surface area contributed by atoms with Gasteiger partial charge in [-0.2, -0.15) is 0 Å². The van der Waals surface area contributed by atoms with Crippen molar-refractivity contribution in [3.8, 4) is 0 Å². The molecule has 2 rings (SSSR count). The maximum absolute atomic E-state index is 12.1. The van der Waals surface area contributed by atoms with E-state index >= 15 is 0 Å². The number of rotatable bonds is 3. The summed E-state index contributed by atoms with van der Waals surface area (Å²) in [6.45, 7) is 3.67. The third kappa shape index (κ3) is 2.73. The highest BCUT2D eigenvalue weighted by Gasteiger charge is 2.18. The van der Waals surface area contributed by atoms with E-state index < -0.39 is 10.0 Å². The molecule has 1 N–H and O–H groups in total. The number of hydrogen-bond acceptors (Lipinski definition) is 4. The van der Waals surface area contributed by atoms with Crippen molar-refractivity contribution in [2.45, 2.75) is 18.1 Å². The number of aromatic nitrogens is 1. The number of nitrogens with zero attached hydrogens (tertiary/aromatic N) is 1. The van der Waals surface area contributed by atoms with E-state index in [1.807, 2.05) is 13.0 Å². The molecule has 0 saturated heterocycles. The first-order chi connectivity index (χ1) is 8.40. The SMILES string of the molecule is Cc1ncc(S(=O)(=O)Nc2cccc(C)c2Br)s1. The summed E-state index contributed by atoms with van der Waals surface area (Å²) in [5.41, 5.74) is 1.50. The predicted octanol–water partition coefficient (Wildman–Crippen LogP) is 3.32. The fourth-order valence-electron chi connectivity index (χ4n) is 1.39. The third-order valence-corrected chi connectivity index (χ3v) is 6.09. The van der Waals surface area contributed by atoms with Gasteiger partial charge >= 0.3 is 0 Å². The second-order valence-electron chi connectivity index (χ2n) is 3.74. The van der Waals surface area contributed by atoms with Crippen LogP contribution in [-0.2, 0) is 10.0 Å². The summed E-state index contributed by atoms with van der Waals surface area (Å²) in [6, 6.07) is 5.41. The zero-order valence-electron chi connectivity index (χ0n) is 9.77. The smallest absolute Gasteiger partial charge is 0.273 e. The van der Waals surface area contributed by atoms with Gasteiger partial charge in [-0.15, -0.1) is 11.3 Å². The van der Waals surface area contributed by atoms with Crippen LogP contribution >= 0.6 is 27.3 Å². The van der Waals surface area contributed by atoms with E-state index in [4.69, 9.17) is 0 Å². The van der Waals surface area contributed by atoms with Crippen LogP contribution in [0.4, 0.5) is 5.69 Å².